The van der Waals surface area contributed by atoms with Gasteiger partial charge in [0, 0.05) is 48.7 Å². The topological polar surface area (TPSA) is 23.6 Å². The lowest BCUT2D eigenvalue weighted by Gasteiger charge is -2.28. The quantitative estimate of drug-likeness (QED) is 0.484. The molecule has 0 unspecified atom stereocenters. The number of nitrogens with zero attached hydrogens (tertiary/aromatic N) is 2. The predicted molar refractivity (Wildman–Crippen MR) is 140 cm³/mol. The van der Waals surface area contributed by atoms with E-state index in [1.165, 1.54) is 49.9 Å². The van der Waals surface area contributed by atoms with Crippen molar-refractivity contribution >= 4 is 29.3 Å². The molecule has 2 heterocycles. The summed E-state index contributed by atoms with van der Waals surface area (Å²) < 4.78 is 0. The third-order valence-electron chi connectivity index (χ3n) is 7.39. The highest BCUT2D eigenvalue weighted by atomic mass is 16.1. The van der Waals surface area contributed by atoms with Gasteiger partial charge in [-0.15, -0.1) is 0 Å². The summed E-state index contributed by atoms with van der Waals surface area (Å²) in [5, 5.41) is 0. The van der Waals surface area contributed by atoms with Crippen LogP contribution in [0.1, 0.15) is 68.9 Å². The molecule has 172 valence electrons. The van der Waals surface area contributed by atoms with Crippen LogP contribution in [0.3, 0.4) is 0 Å². The summed E-state index contributed by atoms with van der Waals surface area (Å²) in [4.78, 5) is 18.2. The molecule has 0 N–H and O–H groups in total. The number of carbonyl (C=O) groups excluding carboxylic acids is 1. The second-order valence-corrected chi connectivity index (χ2v) is 9.80. The molecule has 2 saturated heterocycles. The van der Waals surface area contributed by atoms with Gasteiger partial charge in [0.15, 0.2) is 5.78 Å². The van der Waals surface area contributed by atoms with E-state index in [4.69, 9.17) is 0 Å². The number of Topliss-reactive ketones (excluding diaryl/α,β-unsaturated/α-hetero) is 1. The Labute approximate surface area is 198 Å². The van der Waals surface area contributed by atoms with Crippen LogP contribution < -0.4 is 9.80 Å². The number of carbonyl (C=O) groups is 1. The van der Waals surface area contributed by atoms with Gasteiger partial charge in [-0.3, -0.25) is 4.79 Å². The molecule has 0 amide bonds. The maximum Gasteiger partial charge on any atom is 0.185 e. The molecule has 1 aliphatic carbocycles. The van der Waals surface area contributed by atoms with Crippen molar-refractivity contribution in [1.82, 2.24) is 0 Å². The molecule has 2 aliphatic heterocycles. The van der Waals surface area contributed by atoms with Crippen LogP contribution in [0.5, 0.6) is 0 Å². The monoisotopic (exact) mass is 440 g/mol. The Bertz CT molecular complexity index is 923. The summed E-state index contributed by atoms with van der Waals surface area (Å²) in [6, 6.07) is 17.5. The molecule has 1 saturated carbocycles. The first-order chi connectivity index (χ1) is 16.3. The Morgan fingerprint density at radius 1 is 0.515 bits per heavy atom. The molecule has 3 heteroatoms. The van der Waals surface area contributed by atoms with Crippen molar-refractivity contribution in [1.29, 1.82) is 0 Å². The zero-order valence-electron chi connectivity index (χ0n) is 19.8. The fourth-order valence-corrected chi connectivity index (χ4v) is 5.45. The maximum atomic E-state index is 13.2. The van der Waals surface area contributed by atoms with Gasteiger partial charge in [-0.1, -0.05) is 24.3 Å². The minimum Gasteiger partial charge on any atom is -0.372 e. The van der Waals surface area contributed by atoms with Gasteiger partial charge in [0.05, 0.1) is 0 Å². The lowest BCUT2D eigenvalue weighted by atomic mass is 9.87. The molecule has 3 fully saturated rings. The van der Waals surface area contributed by atoms with Crippen molar-refractivity contribution < 1.29 is 4.79 Å². The molecule has 3 nitrogen and oxygen atoms in total. The van der Waals surface area contributed by atoms with Crippen molar-refractivity contribution in [3.63, 3.8) is 0 Å². The second kappa shape index (κ2) is 10.4. The summed E-state index contributed by atoms with van der Waals surface area (Å²) >= 11 is 0. The molecule has 0 bridgehead atoms. The second-order valence-electron chi connectivity index (χ2n) is 9.80. The van der Waals surface area contributed by atoms with E-state index >= 15 is 0 Å². The highest BCUT2D eigenvalue weighted by molar-refractivity contribution is 6.14. The largest absolute Gasteiger partial charge is 0.372 e. The Balaban J connectivity index is 1.27. The summed E-state index contributed by atoms with van der Waals surface area (Å²) in [5.41, 5.74) is 6.77. The molecule has 5 rings (SSSR count). The molecule has 0 spiro atoms. The van der Waals surface area contributed by atoms with E-state index in [0.29, 0.717) is 0 Å². The Morgan fingerprint density at radius 3 is 1.30 bits per heavy atom. The van der Waals surface area contributed by atoms with Crippen molar-refractivity contribution in [2.45, 2.75) is 57.8 Å². The van der Waals surface area contributed by atoms with E-state index < -0.39 is 0 Å². The number of piperidine rings is 2. The molecule has 0 aromatic heterocycles. The third kappa shape index (κ3) is 5.40. The fraction of sp³-hybridized carbons (Fsp3) is 0.433. The van der Waals surface area contributed by atoms with Crippen LogP contribution in [0, 0.1) is 0 Å². The van der Waals surface area contributed by atoms with Crippen LogP contribution in [0.4, 0.5) is 11.4 Å². The summed E-state index contributed by atoms with van der Waals surface area (Å²) in [5.74, 6) is 0.224. The zero-order chi connectivity index (χ0) is 22.5. The number of rotatable bonds is 4. The molecule has 3 aliphatic rings. The van der Waals surface area contributed by atoms with Crippen molar-refractivity contribution in [3.05, 3.63) is 70.8 Å². The lowest BCUT2D eigenvalue weighted by Crippen LogP contribution is -2.29. The molecular weight excluding hydrogens is 404 g/mol. The van der Waals surface area contributed by atoms with Gasteiger partial charge < -0.3 is 9.80 Å². The lowest BCUT2D eigenvalue weighted by molar-refractivity contribution is -0.112. The zero-order valence-corrected chi connectivity index (χ0v) is 19.8. The Morgan fingerprint density at radius 2 is 0.909 bits per heavy atom. The van der Waals surface area contributed by atoms with E-state index in [9.17, 15) is 4.79 Å². The van der Waals surface area contributed by atoms with Gasteiger partial charge in [0.25, 0.3) is 0 Å². The number of hydrogen-bond acceptors (Lipinski definition) is 3. The Kier molecular flexibility index (Phi) is 6.95. The minimum absolute atomic E-state index is 0.224. The average Bonchev–Trinajstić information content (AvgIpc) is 2.88. The van der Waals surface area contributed by atoms with E-state index in [1.807, 2.05) is 0 Å². The van der Waals surface area contributed by atoms with Gasteiger partial charge in [-0.2, -0.15) is 0 Å². The minimum atomic E-state index is 0.224. The van der Waals surface area contributed by atoms with Crippen LogP contribution in [0.2, 0.25) is 0 Å². The first-order valence-corrected chi connectivity index (χ1v) is 12.9. The number of hydrogen-bond donors (Lipinski definition) is 0. The Hall–Kier alpha value is -2.81. The smallest absolute Gasteiger partial charge is 0.185 e. The molecule has 33 heavy (non-hydrogen) atoms. The van der Waals surface area contributed by atoms with Crippen LogP contribution >= 0.6 is 0 Å². The standard InChI is InChI=1S/C30H36N2O/c33-30-26(22-24-10-14-28(15-11-24)31-18-3-1-4-19-31)8-7-9-27(30)23-25-12-16-29(17-13-25)32-20-5-2-6-21-32/h10-17,22-23H,1-9,18-21H2/b26-22+,27-23+. The van der Waals surface area contributed by atoms with E-state index in [-0.39, 0.29) is 5.78 Å². The molecule has 0 radical (unpaired) electrons. The highest BCUT2D eigenvalue weighted by Crippen LogP contribution is 2.29. The number of anilines is 2. The SMILES string of the molecule is O=C1/C(=C/c2ccc(N3CCCCC3)cc2)CCC/C1=C\c1ccc(N2CCCCC2)cc1. The van der Waals surface area contributed by atoms with Crippen LogP contribution in [0.25, 0.3) is 12.2 Å². The van der Waals surface area contributed by atoms with Crippen LogP contribution in [-0.4, -0.2) is 32.0 Å². The van der Waals surface area contributed by atoms with Crippen LogP contribution in [0.15, 0.2) is 59.7 Å². The molecule has 0 atom stereocenters. The first kappa shape index (κ1) is 22.0. The van der Waals surface area contributed by atoms with E-state index in [0.717, 1.165) is 67.7 Å². The van der Waals surface area contributed by atoms with E-state index in [1.54, 1.807) is 0 Å². The predicted octanol–water partition coefficient (Wildman–Crippen LogP) is 6.89. The van der Waals surface area contributed by atoms with Gasteiger partial charge in [-0.05, 0) is 105 Å². The van der Waals surface area contributed by atoms with Crippen molar-refractivity contribution in [2.75, 3.05) is 36.0 Å². The van der Waals surface area contributed by atoms with Gasteiger partial charge in [0.2, 0.25) is 0 Å². The normalized spacial score (nSPS) is 22.2. The number of benzene rings is 2. The average molecular weight is 441 g/mol. The first-order valence-electron chi connectivity index (χ1n) is 12.9. The van der Waals surface area contributed by atoms with Crippen LogP contribution in [-0.2, 0) is 4.79 Å². The van der Waals surface area contributed by atoms with Gasteiger partial charge in [-0.25, -0.2) is 0 Å². The summed E-state index contributed by atoms with van der Waals surface area (Å²) in [7, 11) is 0. The maximum absolute atomic E-state index is 13.2. The van der Waals surface area contributed by atoms with Gasteiger partial charge >= 0.3 is 0 Å². The number of allylic oxidation sites excluding steroid dienone is 2. The third-order valence-corrected chi connectivity index (χ3v) is 7.39. The van der Waals surface area contributed by atoms with Crippen molar-refractivity contribution in [2.24, 2.45) is 0 Å². The molecular formula is C30H36N2O. The molecule has 2 aromatic rings. The fourth-order valence-electron chi connectivity index (χ4n) is 5.45. The molecule has 2 aromatic carbocycles. The summed E-state index contributed by atoms with van der Waals surface area (Å²) in [6.45, 7) is 4.64. The van der Waals surface area contributed by atoms with Gasteiger partial charge in [0.1, 0.15) is 0 Å². The van der Waals surface area contributed by atoms with E-state index in [2.05, 4.69) is 70.5 Å². The summed E-state index contributed by atoms with van der Waals surface area (Å²) in [6.07, 6.45) is 14.8. The highest BCUT2D eigenvalue weighted by Gasteiger charge is 2.20. The number of ketones is 1. The van der Waals surface area contributed by atoms with Crippen molar-refractivity contribution in [3.8, 4) is 0 Å².